The van der Waals surface area contributed by atoms with Crippen molar-refractivity contribution < 1.29 is 4.42 Å². The Morgan fingerprint density at radius 2 is 1.00 bits per heavy atom. The summed E-state index contributed by atoms with van der Waals surface area (Å²) in [4.78, 5) is 5.07. The number of rotatable bonds is 5. The number of aromatic nitrogens is 2. The summed E-state index contributed by atoms with van der Waals surface area (Å²) in [6.45, 7) is 0. The van der Waals surface area contributed by atoms with Crippen LogP contribution in [-0.4, -0.2) is 15.0 Å². The Morgan fingerprint density at radius 1 is 0.426 bits per heavy atom. The minimum absolute atomic E-state index is 0.127. The Kier molecular flexibility index (Phi) is 7.30. The summed E-state index contributed by atoms with van der Waals surface area (Å²) in [5.41, 5.74) is 15.2. The summed E-state index contributed by atoms with van der Waals surface area (Å²) in [5.74, 6) is 0.860. The number of nitrogens with one attached hydrogen (secondary N) is 1. The molecule has 0 amide bonds. The molecule has 3 aromatic heterocycles. The highest BCUT2D eigenvalue weighted by Crippen LogP contribution is 2.44. The van der Waals surface area contributed by atoms with Crippen molar-refractivity contribution in [2.45, 2.75) is 6.04 Å². The number of furan rings is 1. The van der Waals surface area contributed by atoms with E-state index in [1.54, 1.807) is 0 Å². The van der Waals surface area contributed by atoms with Gasteiger partial charge in [0.1, 0.15) is 11.4 Å². The van der Waals surface area contributed by atoms with E-state index >= 15 is 0 Å². The standard InChI is InChI=1S/C56H36N4O/c1-3-15-35(16-4-1)56-57-46-24-10-7-21-41(46)54(58-56)42-22-14-28-52-53(42)43-23-13-27-51(55(43)61-52)60-48-26-12-9-20-40(48)45-34-37(30-32-50(45)60)36-29-31-49-44(33-36)39-19-8-11-25-47(39)59(49)38-17-5-2-6-18-38/h1-34,54H,(H,57,58). The average Bonchev–Trinajstić information content (AvgIpc) is 3.99. The van der Waals surface area contributed by atoms with Gasteiger partial charge in [0.2, 0.25) is 0 Å². The van der Waals surface area contributed by atoms with Crippen molar-refractivity contribution in [2.24, 2.45) is 4.99 Å². The number of aliphatic imine (C=N–C) groups is 1. The fourth-order valence-electron chi connectivity index (χ4n) is 9.89. The van der Waals surface area contributed by atoms with Gasteiger partial charge >= 0.3 is 0 Å². The summed E-state index contributed by atoms with van der Waals surface area (Å²) < 4.78 is 11.7. The van der Waals surface area contributed by atoms with Crippen LogP contribution in [-0.2, 0) is 0 Å². The van der Waals surface area contributed by atoms with Crippen LogP contribution in [0.1, 0.15) is 22.7 Å². The SMILES string of the molecule is c1ccc(C2=Nc3ccccc3C(c3cccc4oc5c(-n6c7ccccc7c7cc(-c8ccc9c(c8)c8ccccc8n9-c8ccccc8)ccc76)cccc5c34)N2)cc1. The zero-order chi connectivity index (χ0) is 40.0. The molecule has 1 aliphatic rings. The van der Waals surface area contributed by atoms with Crippen LogP contribution in [0.3, 0.4) is 0 Å². The van der Waals surface area contributed by atoms with Crippen molar-refractivity contribution in [3.63, 3.8) is 0 Å². The van der Waals surface area contributed by atoms with Gasteiger partial charge in [-0.15, -0.1) is 0 Å². The maximum Gasteiger partial charge on any atom is 0.159 e. The molecule has 0 saturated carbocycles. The fraction of sp³-hybridized carbons (Fsp3) is 0.0179. The van der Waals surface area contributed by atoms with Crippen molar-refractivity contribution in [3.8, 4) is 22.5 Å². The summed E-state index contributed by atoms with van der Waals surface area (Å²) in [5, 5.41) is 10.9. The molecule has 5 nitrogen and oxygen atoms in total. The number of amidine groups is 1. The Bertz CT molecular complexity index is 3740. The molecule has 5 heteroatoms. The molecule has 12 aromatic rings. The molecule has 1 unspecified atom stereocenters. The van der Waals surface area contributed by atoms with Gasteiger partial charge in [-0.3, -0.25) is 0 Å². The van der Waals surface area contributed by atoms with E-state index < -0.39 is 0 Å². The van der Waals surface area contributed by atoms with Crippen LogP contribution in [0.4, 0.5) is 5.69 Å². The first kappa shape index (κ1) is 33.8. The van der Waals surface area contributed by atoms with Crippen LogP contribution in [0.2, 0.25) is 0 Å². The lowest BCUT2D eigenvalue weighted by molar-refractivity contribution is 0.665. The second-order valence-electron chi connectivity index (χ2n) is 15.9. The van der Waals surface area contributed by atoms with Gasteiger partial charge < -0.3 is 18.9 Å². The highest BCUT2D eigenvalue weighted by atomic mass is 16.3. The number of nitrogens with zero attached hydrogens (tertiary/aromatic N) is 3. The lowest BCUT2D eigenvalue weighted by Crippen LogP contribution is -2.32. The third kappa shape index (κ3) is 5.11. The minimum Gasteiger partial charge on any atom is -0.454 e. The van der Waals surface area contributed by atoms with E-state index in [2.05, 4.69) is 215 Å². The first-order valence-corrected chi connectivity index (χ1v) is 20.8. The van der Waals surface area contributed by atoms with Crippen LogP contribution in [0.5, 0.6) is 0 Å². The van der Waals surface area contributed by atoms with Crippen molar-refractivity contribution in [1.82, 2.24) is 14.5 Å². The van der Waals surface area contributed by atoms with E-state index in [-0.39, 0.29) is 6.04 Å². The monoisotopic (exact) mass is 780 g/mol. The van der Waals surface area contributed by atoms with Crippen molar-refractivity contribution in [1.29, 1.82) is 0 Å². The lowest BCUT2D eigenvalue weighted by atomic mass is 9.91. The van der Waals surface area contributed by atoms with E-state index in [4.69, 9.17) is 9.41 Å². The number of hydrogen-bond acceptors (Lipinski definition) is 3. The molecular formula is C56H36N4O. The Labute approximate surface area is 351 Å². The smallest absolute Gasteiger partial charge is 0.159 e. The normalized spacial score (nSPS) is 14.0. The fourth-order valence-corrected chi connectivity index (χ4v) is 9.89. The maximum absolute atomic E-state index is 6.96. The van der Waals surface area contributed by atoms with Crippen LogP contribution in [0.25, 0.3) is 88.1 Å². The van der Waals surface area contributed by atoms with Gasteiger partial charge in [-0.1, -0.05) is 140 Å². The summed E-state index contributed by atoms with van der Waals surface area (Å²) in [6.07, 6.45) is 0. The molecule has 0 fully saturated rings. The molecule has 13 rings (SSSR count). The quantitative estimate of drug-likeness (QED) is 0.189. The van der Waals surface area contributed by atoms with Crippen molar-refractivity contribution in [3.05, 3.63) is 223 Å². The summed E-state index contributed by atoms with van der Waals surface area (Å²) >= 11 is 0. The molecule has 61 heavy (non-hydrogen) atoms. The third-order valence-electron chi connectivity index (χ3n) is 12.6. The molecule has 0 aliphatic carbocycles. The lowest BCUT2D eigenvalue weighted by Gasteiger charge is -2.28. The number of hydrogen-bond donors (Lipinski definition) is 1. The molecular weight excluding hydrogens is 745 g/mol. The van der Waals surface area contributed by atoms with Crippen LogP contribution in [0.15, 0.2) is 216 Å². The second kappa shape index (κ2) is 13.2. The molecule has 1 atom stereocenters. The van der Waals surface area contributed by atoms with Crippen molar-refractivity contribution in [2.75, 3.05) is 0 Å². The predicted octanol–water partition coefficient (Wildman–Crippen LogP) is 14.2. The Morgan fingerprint density at radius 3 is 1.75 bits per heavy atom. The van der Waals surface area contributed by atoms with E-state index in [1.165, 1.54) is 43.7 Å². The predicted molar refractivity (Wildman–Crippen MR) is 252 cm³/mol. The first-order valence-electron chi connectivity index (χ1n) is 20.8. The second-order valence-corrected chi connectivity index (χ2v) is 15.9. The minimum atomic E-state index is -0.127. The van der Waals surface area contributed by atoms with Gasteiger partial charge in [-0.2, -0.15) is 0 Å². The largest absolute Gasteiger partial charge is 0.454 e. The van der Waals surface area contributed by atoms with Crippen molar-refractivity contribution >= 4 is 77.1 Å². The Hall–Kier alpha value is -8.15. The van der Waals surface area contributed by atoms with E-state index in [9.17, 15) is 0 Å². The van der Waals surface area contributed by atoms with Crippen LogP contribution in [0, 0.1) is 0 Å². The summed E-state index contributed by atoms with van der Waals surface area (Å²) in [7, 11) is 0. The molecule has 1 aliphatic heterocycles. The number of para-hydroxylation sites is 5. The van der Waals surface area contributed by atoms with Crippen LogP contribution < -0.4 is 5.32 Å². The van der Waals surface area contributed by atoms with Gasteiger partial charge in [0.15, 0.2) is 5.58 Å². The zero-order valence-electron chi connectivity index (χ0n) is 33.0. The maximum atomic E-state index is 6.96. The molecule has 286 valence electrons. The van der Waals surface area contributed by atoms with Crippen LogP contribution >= 0.6 is 0 Å². The number of benzene rings is 9. The van der Waals surface area contributed by atoms with E-state index in [0.29, 0.717) is 0 Å². The van der Waals surface area contributed by atoms with Gasteiger partial charge in [0.05, 0.1) is 39.5 Å². The first-order chi connectivity index (χ1) is 30.3. The average molecular weight is 781 g/mol. The van der Waals surface area contributed by atoms with E-state index in [0.717, 1.165) is 72.6 Å². The highest BCUT2D eigenvalue weighted by Gasteiger charge is 2.28. The molecule has 4 heterocycles. The third-order valence-corrected chi connectivity index (χ3v) is 12.6. The van der Waals surface area contributed by atoms with E-state index in [1.807, 2.05) is 6.07 Å². The molecule has 0 saturated heterocycles. The summed E-state index contributed by atoms with van der Waals surface area (Å²) in [6, 6.07) is 73.6. The Balaban J connectivity index is 0.970. The molecule has 0 bridgehead atoms. The molecule has 9 aromatic carbocycles. The molecule has 1 N–H and O–H groups in total. The topological polar surface area (TPSA) is 47.4 Å². The molecule has 0 spiro atoms. The van der Waals surface area contributed by atoms with Gasteiger partial charge in [-0.25, -0.2) is 4.99 Å². The highest BCUT2D eigenvalue weighted by molar-refractivity contribution is 6.15. The zero-order valence-corrected chi connectivity index (χ0v) is 33.0. The number of fused-ring (bicyclic) bond motifs is 10. The molecule has 0 radical (unpaired) electrons. The van der Waals surface area contributed by atoms with Gasteiger partial charge in [0.25, 0.3) is 0 Å². The van der Waals surface area contributed by atoms with Gasteiger partial charge in [-0.05, 0) is 83.4 Å². The van der Waals surface area contributed by atoms with Gasteiger partial charge in [0, 0.05) is 49.1 Å².